The molecule has 2 aliphatic heterocycles. The molecule has 0 fully saturated rings. The van der Waals surface area contributed by atoms with Gasteiger partial charge in [0.25, 0.3) is 5.91 Å². The normalized spacial score (nSPS) is 16.7. The second kappa shape index (κ2) is 6.77. The number of thiazole rings is 1. The molecule has 1 aromatic carbocycles. The van der Waals surface area contributed by atoms with Crippen LogP contribution >= 0.6 is 23.1 Å². The van der Waals surface area contributed by atoms with E-state index in [1.165, 1.54) is 23.1 Å². The zero-order chi connectivity index (χ0) is 18.3. The SMILES string of the molecule is CCC1=C(C(N)=O)SCN1c1nc(-c2cccc3c2NC(=O)CC3)cs1. The number of hydrogen-bond acceptors (Lipinski definition) is 6. The standard InChI is InChI=1S/C18H18N4O2S2/c1-2-13-16(17(19)24)26-9-22(13)18-20-12(8-25-18)11-5-3-4-10-6-7-14(23)21-15(10)11/h3-5,8H,2,6-7,9H2,1H3,(H2,19,24)(H,21,23). The van der Waals surface area contributed by atoms with Crippen molar-refractivity contribution < 1.29 is 9.59 Å². The summed E-state index contributed by atoms with van der Waals surface area (Å²) in [5.41, 5.74) is 10.2. The number of nitrogens with zero attached hydrogens (tertiary/aromatic N) is 2. The first-order valence-corrected chi connectivity index (χ1v) is 10.3. The minimum Gasteiger partial charge on any atom is -0.365 e. The van der Waals surface area contributed by atoms with Crippen molar-refractivity contribution >= 4 is 45.7 Å². The van der Waals surface area contributed by atoms with Crippen LogP contribution in [0.4, 0.5) is 10.8 Å². The molecule has 2 amide bonds. The molecule has 26 heavy (non-hydrogen) atoms. The quantitative estimate of drug-likeness (QED) is 0.842. The van der Waals surface area contributed by atoms with E-state index >= 15 is 0 Å². The third-order valence-electron chi connectivity index (χ3n) is 4.52. The van der Waals surface area contributed by atoms with Crippen LogP contribution in [0.2, 0.25) is 0 Å². The zero-order valence-electron chi connectivity index (χ0n) is 14.2. The first-order valence-electron chi connectivity index (χ1n) is 8.39. The van der Waals surface area contributed by atoms with Crippen molar-refractivity contribution in [2.45, 2.75) is 26.2 Å². The number of allylic oxidation sites excluding steroid dienone is 1. The van der Waals surface area contributed by atoms with Crippen LogP contribution in [-0.2, 0) is 16.0 Å². The van der Waals surface area contributed by atoms with E-state index in [9.17, 15) is 9.59 Å². The molecule has 6 nitrogen and oxygen atoms in total. The van der Waals surface area contributed by atoms with Crippen LogP contribution in [0.3, 0.4) is 0 Å². The Bertz CT molecular complexity index is 935. The largest absolute Gasteiger partial charge is 0.365 e. The number of nitrogens with one attached hydrogen (secondary N) is 1. The lowest BCUT2D eigenvalue weighted by atomic mass is 9.98. The number of fused-ring (bicyclic) bond motifs is 1. The highest BCUT2D eigenvalue weighted by Crippen LogP contribution is 2.41. The highest BCUT2D eigenvalue weighted by atomic mass is 32.2. The average molecular weight is 387 g/mol. The Kier molecular flexibility index (Phi) is 4.46. The zero-order valence-corrected chi connectivity index (χ0v) is 15.9. The highest BCUT2D eigenvalue weighted by Gasteiger charge is 2.28. The van der Waals surface area contributed by atoms with Gasteiger partial charge in [0.2, 0.25) is 5.91 Å². The van der Waals surface area contributed by atoms with Gasteiger partial charge in [0.1, 0.15) is 0 Å². The number of rotatable bonds is 4. The lowest BCUT2D eigenvalue weighted by Crippen LogP contribution is -2.20. The van der Waals surface area contributed by atoms with Crippen LogP contribution in [0.1, 0.15) is 25.3 Å². The van der Waals surface area contributed by atoms with Crippen molar-refractivity contribution in [3.8, 4) is 11.3 Å². The van der Waals surface area contributed by atoms with Gasteiger partial charge < -0.3 is 16.0 Å². The summed E-state index contributed by atoms with van der Waals surface area (Å²) in [4.78, 5) is 30.9. The molecule has 2 aliphatic rings. The molecule has 0 atom stereocenters. The first kappa shape index (κ1) is 17.1. The van der Waals surface area contributed by atoms with E-state index in [-0.39, 0.29) is 11.8 Å². The first-order chi connectivity index (χ1) is 12.6. The number of anilines is 2. The van der Waals surface area contributed by atoms with Crippen molar-refractivity contribution in [1.82, 2.24) is 4.98 Å². The van der Waals surface area contributed by atoms with Crippen molar-refractivity contribution in [3.63, 3.8) is 0 Å². The smallest absolute Gasteiger partial charge is 0.256 e. The number of para-hydroxylation sites is 1. The molecular formula is C18H18N4O2S2. The van der Waals surface area contributed by atoms with Crippen molar-refractivity contribution in [2.24, 2.45) is 5.73 Å². The third kappa shape index (κ3) is 2.89. The number of benzene rings is 1. The van der Waals surface area contributed by atoms with Gasteiger partial charge in [0, 0.05) is 23.1 Å². The van der Waals surface area contributed by atoms with Crippen molar-refractivity contribution in [3.05, 3.63) is 39.7 Å². The fourth-order valence-electron chi connectivity index (χ4n) is 3.28. The highest BCUT2D eigenvalue weighted by molar-refractivity contribution is 8.04. The molecule has 2 aromatic rings. The second-order valence-corrected chi connectivity index (χ2v) is 7.89. The molecule has 3 N–H and O–H groups in total. The van der Waals surface area contributed by atoms with E-state index < -0.39 is 0 Å². The predicted molar refractivity (Wildman–Crippen MR) is 106 cm³/mol. The van der Waals surface area contributed by atoms with Gasteiger partial charge in [-0.25, -0.2) is 4.98 Å². The maximum absolute atomic E-state index is 11.8. The van der Waals surface area contributed by atoms with Gasteiger partial charge in [0.15, 0.2) is 5.13 Å². The minimum absolute atomic E-state index is 0.0404. The third-order valence-corrected chi connectivity index (χ3v) is 6.50. The van der Waals surface area contributed by atoms with Gasteiger partial charge in [-0.2, -0.15) is 0 Å². The maximum Gasteiger partial charge on any atom is 0.256 e. The topological polar surface area (TPSA) is 88.3 Å². The van der Waals surface area contributed by atoms with Gasteiger partial charge in [-0.1, -0.05) is 36.9 Å². The van der Waals surface area contributed by atoms with Crippen LogP contribution in [0.5, 0.6) is 0 Å². The van der Waals surface area contributed by atoms with E-state index in [2.05, 4.69) is 5.32 Å². The summed E-state index contributed by atoms with van der Waals surface area (Å²) in [6, 6.07) is 6.02. The summed E-state index contributed by atoms with van der Waals surface area (Å²) in [5, 5.41) is 5.81. The van der Waals surface area contributed by atoms with E-state index in [1.54, 1.807) is 0 Å². The Morgan fingerprint density at radius 1 is 1.38 bits per heavy atom. The number of aromatic nitrogens is 1. The van der Waals surface area contributed by atoms with E-state index in [1.807, 2.05) is 35.4 Å². The molecular weight excluding hydrogens is 368 g/mol. The van der Waals surface area contributed by atoms with Crippen LogP contribution in [-0.4, -0.2) is 22.7 Å². The van der Waals surface area contributed by atoms with Crippen LogP contribution in [0.15, 0.2) is 34.2 Å². The number of aryl methyl sites for hydroxylation is 1. The number of carbonyl (C=O) groups is 2. The number of carbonyl (C=O) groups excluding carboxylic acids is 2. The number of nitrogens with two attached hydrogens (primary N) is 1. The van der Waals surface area contributed by atoms with Gasteiger partial charge in [-0.05, 0) is 18.4 Å². The summed E-state index contributed by atoms with van der Waals surface area (Å²) in [5.74, 6) is 0.294. The Hall–Kier alpha value is -2.32. The summed E-state index contributed by atoms with van der Waals surface area (Å²) < 4.78 is 0. The van der Waals surface area contributed by atoms with Crippen LogP contribution < -0.4 is 16.0 Å². The lowest BCUT2D eigenvalue weighted by molar-refractivity contribution is -0.116. The molecule has 0 saturated heterocycles. The molecule has 134 valence electrons. The molecule has 4 rings (SSSR count). The monoisotopic (exact) mass is 386 g/mol. The van der Waals surface area contributed by atoms with Crippen LogP contribution in [0.25, 0.3) is 11.3 Å². The summed E-state index contributed by atoms with van der Waals surface area (Å²) in [6.07, 6.45) is 1.99. The van der Waals surface area contributed by atoms with Crippen molar-refractivity contribution in [1.29, 1.82) is 0 Å². The Morgan fingerprint density at radius 2 is 2.23 bits per heavy atom. The number of thioether (sulfide) groups is 1. The summed E-state index contributed by atoms with van der Waals surface area (Å²) in [7, 11) is 0. The fraction of sp³-hybridized carbons (Fsp3) is 0.278. The molecule has 0 saturated carbocycles. The fourth-order valence-corrected chi connectivity index (χ4v) is 5.31. The second-order valence-electron chi connectivity index (χ2n) is 6.10. The molecule has 0 radical (unpaired) electrons. The Morgan fingerprint density at radius 3 is 3.00 bits per heavy atom. The molecule has 0 unspecified atom stereocenters. The Balaban J connectivity index is 1.70. The van der Waals surface area contributed by atoms with Gasteiger partial charge in [0.05, 0.1) is 22.2 Å². The van der Waals surface area contributed by atoms with E-state index in [0.29, 0.717) is 17.2 Å². The average Bonchev–Trinajstić information content (AvgIpc) is 3.27. The molecule has 0 aliphatic carbocycles. The van der Waals surface area contributed by atoms with E-state index in [4.69, 9.17) is 10.7 Å². The van der Waals surface area contributed by atoms with Gasteiger partial charge in [-0.3, -0.25) is 9.59 Å². The molecule has 3 heterocycles. The summed E-state index contributed by atoms with van der Waals surface area (Å²) >= 11 is 2.98. The number of primary amides is 1. The van der Waals surface area contributed by atoms with Gasteiger partial charge >= 0.3 is 0 Å². The molecule has 1 aromatic heterocycles. The summed E-state index contributed by atoms with van der Waals surface area (Å²) in [6.45, 7) is 2.01. The molecule has 0 bridgehead atoms. The predicted octanol–water partition coefficient (Wildman–Crippen LogP) is 3.31. The number of hydrogen-bond donors (Lipinski definition) is 2. The molecule has 8 heteroatoms. The van der Waals surface area contributed by atoms with Crippen LogP contribution in [0, 0.1) is 0 Å². The maximum atomic E-state index is 11.8. The Labute approximate surface area is 159 Å². The van der Waals surface area contributed by atoms with Crippen molar-refractivity contribution in [2.75, 3.05) is 16.1 Å². The number of amides is 2. The van der Waals surface area contributed by atoms with E-state index in [0.717, 1.165) is 46.2 Å². The molecule has 0 spiro atoms. The van der Waals surface area contributed by atoms with Gasteiger partial charge in [-0.15, -0.1) is 11.3 Å². The minimum atomic E-state index is -0.383. The lowest BCUT2D eigenvalue weighted by Gasteiger charge is -2.19.